The van der Waals surface area contributed by atoms with Crippen molar-refractivity contribution in [1.82, 2.24) is 4.72 Å². The van der Waals surface area contributed by atoms with Gasteiger partial charge < -0.3 is 0 Å². The van der Waals surface area contributed by atoms with Gasteiger partial charge in [-0.05, 0) is 51.1 Å². The maximum Gasteiger partial charge on any atom is 0.233 e. The zero-order chi connectivity index (χ0) is 17.6. The number of hydrogen-bond acceptors (Lipinski definition) is 3. The van der Waals surface area contributed by atoms with Crippen LogP contribution < -0.4 is 4.72 Å². The number of carbonyl (C=O) groups excluding carboxylic acids is 1. The van der Waals surface area contributed by atoms with E-state index in [4.69, 9.17) is 0 Å². The fourth-order valence-corrected chi connectivity index (χ4v) is 3.29. The molecule has 4 nitrogen and oxygen atoms in total. The van der Waals surface area contributed by atoms with Crippen LogP contribution in [0.15, 0.2) is 9.47 Å². The minimum Gasteiger partial charge on any atom is -0.274 e. The highest BCUT2D eigenvalue weighted by Gasteiger charge is 2.07. The maximum absolute atomic E-state index is 11.3. The van der Waals surface area contributed by atoms with E-state index in [2.05, 4.69) is 37.9 Å². The molecule has 0 atom stereocenters. The predicted molar refractivity (Wildman–Crippen MR) is 104 cm³/mol. The van der Waals surface area contributed by atoms with Crippen LogP contribution in [0.2, 0.25) is 0 Å². The molecule has 0 unspecified atom stereocenters. The smallest absolute Gasteiger partial charge is 0.233 e. The Labute approximate surface area is 158 Å². The van der Waals surface area contributed by atoms with Crippen molar-refractivity contribution in [3.05, 3.63) is 9.47 Å². The molecule has 0 aliphatic heterocycles. The Balaban J connectivity index is 3.25. The molecular weight excluding hydrogens is 446 g/mol. The van der Waals surface area contributed by atoms with E-state index in [-0.39, 0.29) is 0 Å². The van der Waals surface area contributed by atoms with E-state index >= 15 is 0 Å². The summed E-state index contributed by atoms with van der Waals surface area (Å²) in [5, 5.41) is 0. The van der Waals surface area contributed by atoms with E-state index in [0.29, 0.717) is 6.42 Å². The molecule has 0 fully saturated rings. The van der Waals surface area contributed by atoms with Crippen molar-refractivity contribution in [2.45, 2.75) is 77.0 Å². The minimum atomic E-state index is -3.40. The van der Waals surface area contributed by atoms with Crippen molar-refractivity contribution >= 4 is 47.8 Å². The summed E-state index contributed by atoms with van der Waals surface area (Å²) in [5.41, 5.74) is 0. The number of sulfonamides is 1. The molecule has 7 heteroatoms. The number of halogens is 2. The molecule has 0 aromatic heterocycles. The molecular formula is C16H29Br2NO3S. The van der Waals surface area contributed by atoms with E-state index in [1.165, 1.54) is 44.9 Å². The lowest BCUT2D eigenvalue weighted by molar-refractivity contribution is -0.119. The normalized spacial score (nSPS) is 11.3. The molecule has 0 bridgehead atoms. The Hall–Kier alpha value is 0.120. The van der Waals surface area contributed by atoms with Gasteiger partial charge in [0.25, 0.3) is 0 Å². The average molecular weight is 475 g/mol. The van der Waals surface area contributed by atoms with Crippen molar-refractivity contribution < 1.29 is 13.2 Å². The second-order valence-electron chi connectivity index (χ2n) is 5.87. The summed E-state index contributed by atoms with van der Waals surface area (Å²) in [6.45, 7) is 0. The van der Waals surface area contributed by atoms with Crippen LogP contribution in [0.3, 0.4) is 0 Å². The Morgan fingerprint density at radius 2 is 1.30 bits per heavy atom. The Bertz CT molecular complexity index is 446. The summed E-state index contributed by atoms with van der Waals surface area (Å²) in [5.74, 6) is -0.394. The molecule has 0 aromatic carbocycles. The van der Waals surface area contributed by atoms with Crippen LogP contribution >= 0.6 is 31.9 Å². The van der Waals surface area contributed by atoms with Gasteiger partial charge in [0.1, 0.15) is 0 Å². The van der Waals surface area contributed by atoms with E-state index in [0.717, 1.165) is 35.3 Å². The molecule has 0 radical (unpaired) electrons. The molecule has 0 aliphatic rings. The zero-order valence-corrected chi connectivity index (χ0v) is 17.9. The average Bonchev–Trinajstić information content (AvgIpc) is 2.41. The van der Waals surface area contributed by atoms with Crippen LogP contribution in [0.5, 0.6) is 0 Å². The Morgan fingerprint density at radius 1 is 0.870 bits per heavy atom. The van der Waals surface area contributed by atoms with Crippen molar-refractivity contribution in [3.63, 3.8) is 0 Å². The standard InChI is InChI=1S/C16H29Br2NO3S/c1-23(21,22)19-16(20)14-12-10-8-6-4-2-3-5-7-9-11-13-15(17)18/h13H,2-12,14H2,1H3,(H,19,20). The van der Waals surface area contributed by atoms with Crippen LogP contribution in [0.1, 0.15) is 77.0 Å². The number of carbonyl (C=O) groups is 1. The number of rotatable bonds is 14. The van der Waals surface area contributed by atoms with Gasteiger partial charge in [0.2, 0.25) is 15.9 Å². The first-order chi connectivity index (χ1) is 10.8. The van der Waals surface area contributed by atoms with Gasteiger partial charge >= 0.3 is 0 Å². The van der Waals surface area contributed by atoms with Gasteiger partial charge in [0.05, 0.1) is 9.65 Å². The maximum atomic E-state index is 11.3. The zero-order valence-electron chi connectivity index (χ0n) is 14.0. The van der Waals surface area contributed by atoms with E-state index < -0.39 is 15.9 Å². The number of nitrogens with one attached hydrogen (secondary N) is 1. The van der Waals surface area contributed by atoms with Crippen molar-refractivity contribution in [2.75, 3.05) is 6.26 Å². The first-order valence-corrected chi connectivity index (χ1v) is 11.8. The number of hydrogen-bond donors (Lipinski definition) is 1. The van der Waals surface area contributed by atoms with E-state index in [1.54, 1.807) is 0 Å². The topological polar surface area (TPSA) is 63.2 Å². The summed E-state index contributed by atoms with van der Waals surface area (Å²) in [7, 11) is -3.40. The molecule has 0 heterocycles. The second kappa shape index (κ2) is 14.5. The number of allylic oxidation sites excluding steroid dienone is 1. The van der Waals surface area contributed by atoms with Crippen molar-refractivity contribution in [1.29, 1.82) is 0 Å². The molecule has 1 amide bonds. The van der Waals surface area contributed by atoms with Crippen LogP contribution in [0.25, 0.3) is 0 Å². The van der Waals surface area contributed by atoms with Crippen LogP contribution in [-0.2, 0) is 14.8 Å². The first kappa shape index (κ1) is 23.1. The third-order valence-electron chi connectivity index (χ3n) is 3.46. The second-order valence-corrected chi connectivity index (χ2v) is 10.4. The van der Waals surface area contributed by atoms with E-state index in [1.807, 2.05) is 4.72 Å². The minimum absolute atomic E-state index is 0.298. The largest absolute Gasteiger partial charge is 0.274 e. The molecule has 136 valence electrons. The van der Waals surface area contributed by atoms with Gasteiger partial charge in [0.15, 0.2) is 0 Å². The van der Waals surface area contributed by atoms with Crippen molar-refractivity contribution in [2.24, 2.45) is 0 Å². The lowest BCUT2D eigenvalue weighted by Gasteiger charge is -2.03. The fraction of sp³-hybridized carbons (Fsp3) is 0.812. The molecule has 0 saturated carbocycles. The molecule has 23 heavy (non-hydrogen) atoms. The van der Waals surface area contributed by atoms with Gasteiger partial charge in [-0.2, -0.15) is 0 Å². The highest BCUT2D eigenvalue weighted by atomic mass is 79.9. The molecule has 0 aromatic rings. The van der Waals surface area contributed by atoms with Gasteiger partial charge in [0, 0.05) is 6.42 Å². The molecule has 0 aliphatic carbocycles. The molecule has 0 spiro atoms. The third-order valence-corrected chi connectivity index (χ3v) is 4.70. The summed E-state index contributed by atoms with van der Waals surface area (Å²) >= 11 is 6.71. The summed E-state index contributed by atoms with van der Waals surface area (Å²) in [6.07, 6.45) is 16.3. The molecule has 1 N–H and O–H groups in total. The molecule has 0 saturated heterocycles. The van der Waals surface area contributed by atoms with Crippen molar-refractivity contribution in [3.8, 4) is 0 Å². The molecule has 0 rings (SSSR count). The van der Waals surface area contributed by atoms with Gasteiger partial charge in [-0.25, -0.2) is 8.42 Å². The number of unbranched alkanes of at least 4 members (excludes halogenated alkanes) is 10. The Kier molecular flexibility index (Phi) is 14.5. The Morgan fingerprint density at radius 3 is 1.74 bits per heavy atom. The fourth-order valence-electron chi connectivity index (χ4n) is 2.31. The SMILES string of the molecule is CS(=O)(=O)NC(=O)CCCCCCCCCCCCC=C(Br)Br. The summed E-state index contributed by atoms with van der Waals surface area (Å²) in [6, 6.07) is 0. The summed E-state index contributed by atoms with van der Waals surface area (Å²) < 4.78 is 24.7. The lowest BCUT2D eigenvalue weighted by Crippen LogP contribution is -2.28. The van der Waals surface area contributed by atoms with Crippen LogP contribution in [0, 0.1) is 0 Å². The monoisotopic (exact) mass is 473 g/mol. The van der Waals surface area contributed by atoms with Gasteiger partial charge in [-0.15, -0.1) is 0 Å². The van der Waals surface area contributed by atoms with Crippen LogP contribution in [-0.4, -0.2) is 20.6 Å². The highest BCUT2D eigenvalue weighted by molar-refractivity contribution is 9.28. The van der Waals surface area contributed by atoms with Gasteiger partial charge in [-0.1, -0.05) is 57.4 Å². The first-order valence-electron chi connectivity index (χ1n) is 8.33. The predicted octanol–water partition coefficient (Wildman–Crippen LogP) is 5.37. The third kappa shape index (κ3) is 20.1. The van der Waals surface area contributed by atoms with Gasteiger partial charge in [-0.3, -0.25) is 9.52 Å². The highest BCUT2D eigenvalue weighted by Crippen LogP contribution is 2.16. The van der Waals surface area contributed by atoms with Crippen LogP contribution in [0.4, 0.5) is 0 Å². The summed E-state index contributed by atoms with van der Waals surface area (Å²) in [4.78, 5) is 11.3. The quantitative estimate of drug-likeness (QED) is 0.344. The number of amides is 1. The van der Waals surface area contributed by atoms with E-state index in [9.17, 15) is 13.2 Å². The lowest BCUT2D eigenvalue weighted by atomic mass is 10.1.